The number of halogens is 3. The maximum absolute atomic E-state index is 12.6. The van der Waals surface area contributed by atoms with Crippen molar-refractivity contribution in [3.05, 3.63) is 63.1 Å². The molecular weight excluding hydrogens is 369 g/mol. The highest BCUT2D eigenvalue weighted by atomic mass is 35.5. The van der Waals surface area contributed by atoms with Gasteiger partial charge in [-0.05, 0) is 47.4 Å². The molecule has 0 unspecified atom stereocenters. The Kier molecular flexibility index (Phi) is 5.99. The zero-order chi connectivity index (χ0) is 16.6. The lowest BCUT2D eigenvalue weighted by atomic mass is 10.1. The summed E-state index contributed by atoms with van der Waals surface area (Å²) in [4.78, 5) is 14.3. The van der Waals surface area contributed by atoms with Gasteiger partial charge in [0.25, 0.3) is 0 Å². The molecule has 0 saturated carbocycles. The molecule has 1 aliphatic rings. The molecule has 4 N–H and O–H groups in total. The molecule has 1 heterocycles. The Balaban J connectivity index is 0.00000208. The maximum atomic E-state index is 12.6. The molecule has 24 heavy (non-hydrogen) atoms. The first-order chi connectivity index (χ1) is 10.9. The Morgan fingerprint density at radius 3 is 2.54 bits per heavy atom. The minimum atomic E-state index is -0.639. The van der Waals surface area contributed by atoms with E-state index in [4.69, 9.17) is 34.7 Å². The number of carbonyl (C=O) groups is 1. The van der Waals surface area contributed by atoms with E-state index in [9.17, 15) is 4.79 Å². The van der Waals surface area contributed by atoms with Crippen LogP contribution in [-0.4, -0.2) is 16.8 Å². The monoisotopic (exact) mass is 385 g/mol. The molecule has 0 saturated heterocycles. The third-order valence-corrected chi connectivity index (χ3v) is 4.62. The molecule has 0 aromatic heterocycles. The van der Waals surface area contributed by atoms with E-state index >= 15 is 0 Å². The molecule has 0 spiro atoms. The number of benzene rings is 2. The number of nitrogens with zero attached hydrogens (tertiary/aromatic N) is 1. The number of amides is 1. The van der Waals surface area contributed by atoms with Gasteiger partial charge in [0.2, 0.25) is 5.91 Å². The van der Waals surface area contributed by atoms with E-state index in [2.05, 4.69) is 0 Å². The molecule has 1 atom stereocenters. The highest BCUT2D eigenvalue weighted by molar-refractivity contribution is 6.35. The second kappa shape index (κ2) is 7.62. The van der Waals surface area contributed by atoms with Gasteiger partial charge >= 0.3 is 0 Å². The summed E-state index contributed by atoms with van der Waals surface area (Å²) in [6.45, 7) is 1.11. The highest BCUT2D eigenvalue weighted by Crippen LogP contribution is 2.26. The third kappa shape index (κ3) is 3.95. The zero-order valence-electron chi connectivity index (χ0n) is 12.8. The number of fused-ring (bicyclic) bond motifs is 1. The van der Waals surface area contributed by atoms with Gasteiger partial charge in [-0.15, -0.1) is 12.4 Å². The van der Waals surface area contributed by atoms with Gasteiger partial charge in [0, 0.05) is 28.8 Å². The van der Waals surface area contributed by atoms with Gasteiger partial charge in [-0.25, -0.2) is 0 Å². The standard InChI is InChI=1S/C17H17Cl2N3O.ClH/c18-13-3-1-10(15(19)7-13)6-16(21)17(23)22-8-11-2-4-14(20)5-12(11)9-22;/h1-5,7,16H,6,8-9,20-21H2;1H/t16-;/m1./s1. The van der Waals surface area contributed by atoms with Gasteiger partial charge in [-0.3, -0.25) is 4.79 Å². The van der Waals surface area contributed by atoms with Gasteiger partial charge in [0.15, 0.2) is 0 Å². The van der Waals surface area contributed by atoms with Crippen molar-refractivity contribution in [1.82, 2.24) is 4.90 Å². The fourth-order valence-electron chi connectivity index (χ4n) is 2.82. The van der Waals surface area contributed by atoms with E-state index in [0.717, 1.165) is 16.7 Å². The molecule has 7 heteroatoms. The van der Waals surface area contributed by atoms with Crippen molar-refractivity contribution < 1.29 is 4.79 Å². The minimum Gasteiger partial charge on any atom is -0.399 e. The predicted molar refractivity (Wildman–Crippen MR) is 100 cm³/mol. The molecule has 2 aromatic rings. The summed E-state index contributed by atoms with van der Waals surface area (Å²) in [6, 6.07) is 10.3. The summed E-state index contributed by atoms with van der Waals surface area (Å²) in [7, 11) is 0. The van der Waals surface area contributed by atoms with Crippen LogP contribution in [0.15, 0.2) is 36.4 Å². The van der Waals surface area contributed by atoms with Crippen LogP contribution in [0.1, 0.15) is 16.7 Å². The van der Waals surface area contributed by atoms with Crippen molar-refractivity contribution in [1.29, 1.82) is 0 Å². The van der Waals surface area contributed by atoms with Crippen LogP contribution in [0, 0.1) is 0 Å². The summed E-state index contributed by atoms with van der Waals surface area (Å²) in [5.41, 5.74) is 15.6. The molecule has 0 fully saturated rings. The van der Waals surface area contributed by atoms with Crippen LogP contribution >= 0.6 is 35.6 Å². The molecule has 0 radical (unpaired) electrons. The Labute approximate surface area is 157 Å². The smallest absolute Gasteiger partial charge is 0.240 e. The maximum Gasteiger partial charge on any atom is 0.240 e. The largest absolute Gasteiger partial charge is 0.399 e. The van der Waals surface area contributed by atoms with Crippen LogP contribution in [0.4, 0.5) is 5.69 Å². The summed E-state index contributed by atoms with van der Waals surface area (Å²) >= 11 is 12.0. The summed E-state index contributed by atoms with van der Waals surface area (Å²) < 4.78 is 0. The molecule has 4 nitrogen and oxygen atoms in total. The lowest BCUT2D eigenvalue weighted by molar-refractivity contribution is -0.133. The molecule has 0 bridgehead atoms. The van der Waals surface area contributed by atoms with Gasteiger partial charge in [-0.2, -0.15) is 0 Å². The topological polar surface area (TPSA) is 72.3 Å². The summed E-state index contributed by atoms with van der Waals surface area (Å²) in [5.74, 6) is -0.0919. The SMILES string of the molecule is Cl.Nc1ccc2c(c1)CN(C(=O)[C@H](N)Cc1ccc(Cl)cc1Cl)C2. The van der Waals surface area contributed by atoms with E-state index in [0.29, 0.717) is 35.2 Å². The van der Waals surface area contributed by atoms with Crippen LogP contribution in [0.5, 0.6) is 0 Å². The lowest BCUT2D eigenvalue weighted by Gasteiger charge is -2.20. The predicted octanol–water partition coefficient (Wildman–Crippen LogP) is 3.41. The van der Waals surface area contributed by atoms with Crippen LogP contribution in [-0.2, 0) is 24.3 Å². The van der Waals surface area contributed by atoms with Crippen LogP contribution in [0.2, 0.25) is 10.0 Å². The van der Waals surface area contributed by atoms with Gasteiger partial charge in [0.1, 0.15) is 0 Å². The highest BCUT2D eigenvalue weighted by Gasteiger charge is 2.27. The number of carbonyl (C=O) groups excluding carboxylic acids is 1. The van der Waals surface area contributed by atoms with Crippen LogP contribution < -0.4 is 11.5 Å². The molecule has 3 rings (SSSR count). The number of rotatable bonds is 3. The van der Waals surface area contributed by atoms with E-state index in [1.54, 1.807) is 23.1 Å². The molecule has 0 aliphatic carbocycles. The van der Waals surface area contributed by atoms with Crippen molar-refractivity contribution in [2.45, 2.75) is 25.6 Å². The first-order valence-electron chi connectivity index (χ1n) is 7.29. The minimum absolute atomic E-state index is 0. The van der Waals surface area contributed by atoms with E-state index in [1.807, 2.05) is 18.2 Å². The Hall–Kier alpha value is -1.46. The number of anilines is 1. The van der Waals surface area contributed by atoms with E-state index in [1.165, 1.54) is 0 Å². The number of nitrogens with two attached hydrogens (primary N) is 2. The van der Waals surface area contributed by atoms with Crippen molar-refractivity contribution in [2.75, 3.05) is 5.73 Å². The second-order valence-corrected chi connectivity index (χ2v) is 6.61. The second-order valence-electron chi connectivity index (χ2n) is 5.77. The van der Waals surface area contributed by atoms with Gasteiger partial charge in [0.05, 0.1) is 6.04 Å². The van der Waals surface area contributed by atoms with Gasteiger partial charge in [-0.1, -0.05) is 35.3 Å². The molecule has 1 aliphatic heterocycles. The zero-order valence-corrected chi connectivity index (χ0v) is 15.2. The molecule has 1 amide bonds. The van der Waals surface area contributed by atoms with Crippen molar-refractivity contribution in [3.63, 3.8) is 0 Å². The Morgan fingerprint density at radius 1 is 1.12 bits per heavy atom. The number of hydrogen-bond donors (Lipinski definition) is 2. The van der Waals surface area contributed by atoms with Crippen molar-refractivity contribution >= 4 is 47.2 Å². The fourth-order valence-corrected chi connectivity index (χ4v) is 3.30. The summed E-state index contributed by atoms with van der Waals surface area (Å²) in [5, 5.41) is 1.09. The van der Waals surface area contributed by atoms with Crippen LogP contribution in [0.3, 0.4) is 0 Å². The molecular formula is C17H18Cl3N3O. The third-order valence-electron chi connectivity index (χ3n) is 4.04. The first kappa shape index (κ1) is 18.9. The number of nitrogen functional groups attached to an aromatic ring is 1. The summed E-state index contributed by atoms with van der Waals surface area (Å²) in [6.07, 6.45) is 0.379. The normalized spacial score (nSPS) is 14.0. The Morgan fingerprint density at radius 2 is 1.83 bits per heavy atom. The fraction of sp³-hybridized carbons (Fsp3) is 0.235. The Bertz CT molecular complexity index is 767. The first-order valence-corrected chi connectivity index (χ1v) is 8.05. The average molecular weight is 387 g/mol. The quantitative estimate of drug-likeness (QED) is 0.794. The average Bonchev–Trinajstić information content (AvgIpc) is 2.92. The lowest BCUT2D eigenvalue weighted by Crippen LogP contribution is -2.42. The van der Waals surface area contributed by atoms with E-state index < -0.39 is 6.04 Å². The molecule has 2 aromatic carbocycles. The molecule has 128 valence electrons. The number of hydrogen-bond acceptors (Lipinski definition) is 3. The van der Waals surface area contributed by atoms with Crippen molar-refractivity contribution in [2.24, 2.45) is 5.73 Å². The van der Waals surface area contributed by atoms with Crippen LogP contribution in [0.25, 0.3) is 0 Å². The van der Waals surface area contributed by atoms with Crippen molar-refractivity contribution in [3.8, 4) is 0 Å². The van der Waals surface area contributed by atoms with Gasteiger partial charge < -0.3 is 16.4 Å². The van der Waals surface area contributed by atoms with E-state index in [-0.39, 0.29) is 18.3 Å².